The fourth-order valence-corrected chi connectivity index (χ4v) is 2.36. The quantitative estimate of drug-likeness (QED) is 0.560. The van der Waals surface area contributed by atoms with Crippen molar-refractivity contribution in [1.29, 1.82) is 0 Å². The van der Waals surface area contributed by atoms with E-state index in [1.165, 1.54) is 25.7 Å². The van der Waals surface area contributed by atoms with Crippen molar-refractivity contribution in [2.75, 3.05) is 13.2 Å². The van der Waals surface area contributed by atoms with Crippen molar-refractivity contribution in [3.8, 4) is 0 Å². The van der Waals surface area contributed by atoms with Gasteiger partial charge < -0.3 is 4.74 Å². The summed E-state index contributed by atoms with van der Waals surface area (Å²) in [5.74, 6) is 2.81. The number of fused-ring (bicyclic) bond motifs is 1. The van der Waals surface area contributed by atoms with Crippen molar-refractivity contribution in [2.24, 2.45) is 17.8 Å². The van der Waals surface area contributed by atoms with Crippen LogP contribution in [0.3, 0.4) is 0 Å². The minimum absolute atomic E-state index is 0.920. The molecule has 2 aliphatic rings. The van der Waals surface area contributed by atoms with Gasteiger partial charge in [0, 0.05) is 13.2 Å². The van der Waals surface area contributed by atoms with Crippen LogP contribution in [0.5, 0.6) is 0 Å². The molecule has 1 saturated carbocycles. The van der Waals surface area contributed by atoms with E-state index in [1.54, 1.807) is 0 Å². The first-order valence-corrected chi connectivity index (χ1v) is 5.85. The molecule has 3 unspecified atom stereocenters. The molecule has 0 aromatic rings. The summed E-state index contributed by atoms with van der Waals surface area (Å²) in [6.45, 7) is 8.72. The second-order valence-electron chi connectivity index (χ2n) is 4.68. The molecule has 2 rings (SSSR count). The molecule has 1 heteroatoms. The van der Waals surface area contributed by atoms with Crippen molar-refractivity contribution >= 4 is 0 Å². The Hall–Kier alpha value is -0.0400. The predicted octanol–water partition coefficient (Wildman–Crippen LogP) is 3.49. The molecule has 1 aliphatic heterocycles. The summed E-state index contributed by atoms with van der Waals surface area (Å²) in [7, 11) is 0. The standard InChI is InChI=1S/C9H16O.C3H8/c1-7-2-3-8-5-10-6-9(8)4-7;1-3-2/h7-9H,2-6H2,1H3;3H2,1-2H3. The van der Waals surface area contributed by atoms with Crippen LogP contribution in [-0.2, 0) is 4.74 Å². The minimum Gasteiger partial charge on any atom is -0.381 e. The summed E-state index contributed by atoms with van der Waals surface area (Å²) in [5.41, 5.74) is 0. The average molecular weight is 184 g/mol. The molecule has 0 aromatic heterocycles. The van der Waals surface area contributed by atoms with Gasteiger partial charge in [-0.05, 0) is 30.6 Å². The van der Waals surface area contributed by atoms with Crippen molar-refractivity contribution in [2.45, 2.75) is 46.5 Å². The maximum Gasteiger partial charge on any atom is 0.0498 e. The molecule has 0 N–H and O–H groups in total. The predicted molar refractivity (Wildman–Crippen MR) is 56.8 cm³/mol. The molecule has 1 heterocycles. The summed E-state index contributed by atoms with van der Waals surface area (Å²) < 4.78 is 5.44. The van der Waals surface area contributed by atoms with Crippen molar-refractivity contribution in [3.63, 3.8) is 0 Å². The summed E-state index contributed by atoms with van der Waals surface area (Å²) >= 11 is 0. The fourth-order valence-electron chi connectivity index (χ4n) is 2.36. The smallest absolute Gasteiger partial charge is 0.0498 e. The molecule has 1 nitrogen and oxygen atoms in total. The second-order valence-corrected chi connectivity index (χ2v) is 4.68. The molecule has 0 radical (unpaired) electrons. The number of hydrogen-bond acceptors (Lipinski definition) is 1. The van der Waals surface area contributed by atoms with E-state index in [1.807, 2.05) is 0 Å². The van der Waals surface area contributed by atoms with Gasteiger partial charge in [0.15, 0.2) is 0 Å². The third kappa shape index (κ3) is 3.30. The van der Waals surface area contributed by atoms with Gasteiger partial charge in [-0.25, -0.2) is 0 Å². The maximum atomic E-state index is 5.44. The summed E-state index contributed by atoms with van der Waals surface area (Å²) in [6.07, 6.45) is 5.53. The molecule has 1 saturated heterocycles. The van der Waals surface area contributed by atoms with Gasteiger partial charge in [0.05, 0.1) is 0 Å². The lowest BCUT2D eigenvalue weighted by Gasteiger charge is -2.27. The van der Waals surface area contributed by atoms with E-state index in [0.717, 1.165) is 31.0 Å². The third-order valence-corrected chi connectivity index (χ3v) is 3.07. The van der Waals surface area contributed by atoms with Gasteiger partial charge in [-0.2, -0.15) is 0 Å². The largest absolute Gasteiger partial charge is 0.381 e. The van der Waals surface area contributed by atoms with Gasteiger partial charge in [0.1, 0.15) is 0 Å². The van der Waals surface area contributed by atoms with Crippen LogP contribution in [0, 0.1) is 17.8 Å². The van der Waals surface area contributed by atoms with Crippen LogP contribution < -0.4 is 0 Å². The SMILES string of the molecule is CC1CCC2COCC2C1.CCC. The van der Waals surface area contributed by atoms with E-state index < -0.39 is 0 Å². The van der Waals surface area contributed by atoms with Gasteiger partial charge in [0.25, 0.3) is 0 Å². The zero-order chi connectivity index (χ0) is 9.68. The molecular formula is C12H24O. The fraction of sp³-hybridized carbons (Fsp3) is 1.00. The summed E-state index contributed by atoms with van der Waals surface area (Å²) in [4.78, 5) is 0. The van der Waals surface area contributed by atoms with Crippen molar-refractivity contribution in [1.82, 2.24) is 0 Å². The Morgan fingerprint density at radius 3 is 2.38 bits per heavy atom. The van der Waals surface area contributed by atoms with E-state index in [4.69, 9.17) is 4.74 Å². The second kappa shape index (κ2) is 5.64. The normalized spacial score (nSPS) is 37.6. The van der Waals surface area contributed by atoms with Crippen LogP contribution in [0.4, 0.5) is 0 Å². The van der Waals surface area contributed by atoms with Crippen LogP contribution in [0.2, 0.25) is 0 Å². The minimum atomic E-state index is 0.920. The van der Waals surface area contributed by atoms with E-state index in [9.17, 15) is 0 Å². The summed E-state index contributed by atoms with van der Waals surface area (Å²) in [6, 6.07) is 0. The van der Waals surface area contributed by atoms with Gasteiger partial charge in [-0.15, -0.1) is 0 Å². The zero-order valence-electron chi connectivity index (χ0n) is 9.38. The van der Waals surface area contributed by atoms with Gasteiger partial charge in [-0.1, -0.05) is 33.6 Å². The Kier molecular flexibility index (Phi) is 4.79. The molecule has 0 bridgehead atoms. The Balaban J connectivity index is 0.000000251. The molecule has 0 spiro atoms. The Morgan fingerprint density at radius 2 is 1.69 bits per heavy atom. The number of rotatable bonds is 0. The van der Waals surface area contributed by atoms with Crippen molar-refractivity contribution in [3.05, 3.63) is 0 Å². The summed E-state index contributed by atoms with van der Waals surface area (Å²) in [5, 5.41) is 0. The highest BCUT2D eigenvalue weighted by atomic mass is 16.5. The molecule has 0 amide bonds. The Morgan fingerprint density at radius 1 is 1.08 bits per heavy atom. The third-order valence-electron chi connectivity index (χ3n) is 3.07. The first-order valence-electron chi connectivity index (χ1n) is 5.85. The van der Waals surface area contributed by atoms with Crippen LogP contribution >= 0.6 is 0 Å². The Bertz CT molecular complexity index is 133. The molecule has 2 fully saturated rings. The highest BCUT2D eigenvalue weighted by molar-refractivity contribution is 4.81. The maximum absolute atomic E-state index is 5.44. The molecule has 1 aliphatic carbocycles. The highest BCUT2D eigenvalue weighted by Gasteiger charge is 2.32. The lowest BCUT2D eigenvalue weighted by molar-refractivity contribution is 0.180. The van der Waals surface area contributed by atoms with Crippen molar-refractivity contribution < 1.29 is 4.74 Å². The first-order chi connectivity index (χ1) is 6.27. The Labute approximate surface area is 82.9 Å². The van der Waals surface area contributed by atoms with E-state index in [2.05, 4.69) is 20.8 Å². The van der Waals surface area contributed by atoms with E-state index in [-0.39, 0.29) is 0 Å². The van der Waals surface area contributed by atoms with Crippen LogP contribution in [0.15, 0.2) is 0 Å². The molecular weight excluding hydrogens is 160 g/mol. The topological polar surface area (TPSA) is 9.23 Å². The number of ether oxygens (including phenoxy) is 1. The number of hydrogen-bond donors (Lipinski definition) is 0. The highest BCUT2D eigenvalue weighted by Crippen LogP contribution is 2.37. The lowest BCUT2D eigenvalue weighted by Crippen LogP contribution is -2.21. The van der Waals surface area contributed by atoms with Crippen LogP contribution in [0.25, 0.3) is 0 Å². The van der Waals surface area contributed by atoms with Gasteiger partial charge in [-0.3, -0.25) is 0 Å². The van der Waals surface area contributed by atoms with E-state index in [0.29, 0.717) is 0 Å². The average Bonchev–Trinajstić information content (AvgIpc) is 2.52. The van der Waals surface area contributed by atoms with Gasteiger partial charge >= 0.3 is 0 Å². The lowest BCUT2D eigenvalue weighted by atomic mass is 9.77. The molecule has 78 valence electrons. The van der Waals surface area contributed by atoms with Crippen LogP contribution in [0.1, 0.15) is 46.5 Å². The molecule has 3 atom stereocenters. The molecule has 13 heavy (non-hydrogen) atoms. The van der Waals surface area contributed by atoms with Gasteiger partial charge in [0.2, 0.25) is 0 Å². The first kappa shape index (κ1) is 11.0. The monoisotopic (exact) mass is 184 g/mol. The zero-order valence-corrected chi connectivity index (χ0v) is 9.38. The molecule has 0 aromatic carbocycles. The van der Waals surface area contributed by atoms with Crippen LogP contribution in [-0.4, -0.2) is 13.2 Å². The van der Waals surface area contributed by atoms with E-state index >= 15 is 0 Å².